The molecule has 1 aliphatic rings. The van der Waals surface area contributed by atoms with Crippen molar-refractivity contribution in [1.82, 2.24) is 10.2 Å². The number of anilines is 1. The summed E-state index contributed by atoms with van der Waals surface area (Å²) in [5.74, 6) is -0.136. The molecule has 0 saturated carbocycles. The van der Waals surface area contributed by atoms with E-state index < -0.39 is 6.04 Å². The second kappa shape index (κ2) is 7.82. The third-order valence-corrected chi connectivity index (χ3v) is 4.89. The van der Waals surface area contributed by atoms with E-state index in [-0.39, 0.29) is 23.4 Å². The molecule has 0 aliphatic carbocycles. The number of allylic oxidation sites excluding steroid dienone is 1. The van der Waals surface area contributed by atoms with Crippen molar-refractivity contribution in [2.75, 3.05) is 19.5 Å². The number of nitrogens with zero attached hydrogens (tertiary/aromatic N) is 1. The van der Waals surface area contributed by atoms with Gasteiger partial charge in [0.15, 0.2) is 11.5 Å². The molecule has 8 heteroatoms. The van der Waals surface area contributed by atoms with Crippen molar-refractivity contribution >= 4 is 29.2 Å². The average molecular weight is 402 g/mol. The fourth-order valence-corrected chi connectivity index (χ4v) is 3.11. The summed E-state index contributed by atoms with van der Waals surface area (Å²) in [6.07, 6.45) is 0. The van der Waals surface area contributed by atoms with E-state index in [2.05, 4.69) is 10.6 Å². The Balaban J connectivity index is 2.01. The van der Waals surface area contributed by atoms with Crippen molar-refractivity contribution in [1.29, 1.82) is 0 Å². The molecule has 0 saturated heterocycles. The highest BCUT2D eigenvalue weighted by Gasteiger charge is 2.34. The topological polar surface area (TPSA) is 90.9 Å². The summed E-state index contributed by atoms with van der Waals surface area (Å²) in [6, 6.07) is 10.4. The molecule has 1 atom stereocenters. The number of aromatic hydroxyl groups is 1. The summed E-state index contributed by atoms with van der Waals surface area (Å²) in [5.41, 5.74) is 2.09. The van der Waals surface area contributed by atoms with Crippen LogP contribution in [0.5, 0.6) is 11.5 Å². The van der Waals surface area contributed by atoms with Crippen molar-refractivity contribution in [2.24, 2.45) is 0 Å². The van der Waals surface area contributed by atoms with Gasteiger partial charge in [-0.1, -0.05) is 17.7 Å². The summed E-state index contributed by atoms with van der Waals surface area (Å²) in [4.78, 5) is 26.8. The maximum Gasteiger partial charge on any atom is 0.322 e. The van der Waals surface area contributed by atoms with Gasteiger partial charge in [-0.3, -0.25) is 4.79 Å². The largest absolute Gasteiger partial charge is 0.504 e. The molecule has 3 amide bonds. The molecule has 146 valence electrons. The number of nitrogens with one attached hydrogen (secondary N) is 2. The highest BCUT2D eigenvalue weighted by atomic mass is 35.5. The highest BCUT2D eigenvalue weighted by Crippen LogP contribution is 2.35. The fraction of sp³-hybridized carbons (Fsp3) is 0.200. The van der Waals surface area contributed by atoms with E-state index in [1.54, 1.807) is 50.4 Å². The number of amides is 3. The van der Waals surface area contributed by atoms with Gasteiger partial charge in [-0.2, -0.15) is 0 Å². The van der Waals surface area contributed by atoms with Gasteiger partial charge in [0.2, 0.25) is 0 Å². The minimum absolute atomic E-state index is 0.0293. The Morgan fingerprint density at radius 3 is 2.57 bits per heavy atom. The molecule has 0 fully saturated rings. The number of halogens is 1. The molecular weight excluding hydrogens is 382 g/mol. The van der Waals surface area contributed by atoms with Gasteiger partial charge in [0.05, 0.1) is 18.7 Å². The smallest absolute Gasteiger partial charge is 0.322 e. The van der Waals surface area contributed by atoms with Crippen molar-refractivity contribution in [3.8, 4) is 11.5 Å². The summed E-state index contributed by atoms with van der Waals surface area (Å²) in [6.45, 7) is 1.71. The summed E-state index contributed by atoms with van der Waals surface area (Å²) < 4.78 is 5.15. The van der Waals surface area contributed by atoms with E-state index in [1.807, 2.05) is 0 Å². The quantitative estimate of drug-likeness (QED) is 0.729. The van der Waals surface area contributed by atoms with Crippen LogP contribution in [0.1, 0.15) is 18.5 Å². The normalized spacial score (nSPS) is 16.6. The van der Waals surface area contributed by atoms with Gasteiger partial charge >= 0.3 is 6.03 Å². The lowest BCUT2D eigenvalue weighted by Gasteiger charge is -2.33. The lowest BCUT2D eigenvalue weighted by molar-refractivity contribution is -0.113. The fourth-order valence-electron chi connectivity index (χ4n) is 2.99. The molecule has 3 N–H and O–H groups in total. The van der Waals surface area contributed by atoms with Gasteiger partial charge in [0, 0.05) is 23.5 Å². The lowest BCUT2D eigenvalue weighted by Crippen LogP contribution is -2.46. The number of methoxy groups -OCH3 is 1. The number of carbonyl (C=O) groups is 2. The number of phenols is 1. The monoisotopic (exact) mass is 401 g/mol. The second-order valence-electron chi connectivity index (χ2n) is 6.33. The van der Waals surface area contributed by atoms with Crippen LogP contribution >= 0.6 is 11.6 Å². The van der Waals surface area contributed by atoms with E-state index in [1.165, 1.54) is 18.1 Å². The number of hydrogen-bond donors (Lipinski definition) is 3. The molecular formula is C20H20ClN3O4. The zero-order valence-corrected chi connectivity index (χ0v) is 16.4. The first-order chi connectivity index (χ1) is 13.3. The van der Waals surface area contributed by atoms with Crippen LogP contribution in [0.4, 0.5) is 10.5 Å². The van der Waals surface area contributed by atoms with Crippen molar-refractivity contribution in [2.45, 2.75) is 13.0 Å². The van der Waals surface area contributed by atoms with Crippen LogP contribution in [0.25, 0.3) is 0 Å². The van der Waals surface area contributed by atoms with Crippen LogP contribution in [0.2, 0.25) is 5.02 Å². The number of ether oxygens (including phenoxy) is 1. The maximum atomic E-state index is 13.1. The van der Waals surface area contributed by atoms with Crippen LogP contribution in [0.15, 0.2) is 53.7 Å². The first-order valence-electron chi connectivity index (χ1n) is 8.50. The molecule has 0 aromatic heterocycles. The third kappa shape index (κ3) is 3.75. The van der Waals surface area contributed by atoms with E-state index >= 15 is 0 Å². The van der Waals surface area contributed by atoms with Crippen LogP contribution in [0.3, 0.4) is 0 Å². The predicted molar refractivity (Wildman–Crippen MR) is 106 cm³/mol. The standard InChI is InChI=1S/C20H20ClN3O4/c1-11-17(19(26)22-14-7-5-13(21)6-8-14)18(23-20(27)24(11)2)12-4-9-15(25)16(10-12)28-3/h4-10,18,25H,1-3H3,(H,22,26)(H,23,27). The Morgan fingerprint density at radius 1 is 1.25 bits per heavy atom. The summed E-state index contributed by atoms with van der Waals surface area (Å²) >= 11 is 5.89. The molecule has 2 aromatic carbocycles. The Bertz CT molecular complexity index is 956. The molecule has 1 unspecified atom stereocenters. The van der Waals surface area contributed by atoms with Crippen molar-refractivity contribution < 1.29 is 19.4 Å². The molecule has 7 nitrogen and oxygen atoms in total. The van der Waals surface area contributed by atoms with Crippen LogP contribution in [-0.4, -0.2) is 36.1 Å². The lowest BCUT2D eigenvalue weighted by atomic mass is 9.94. The minimum Gasteiger partial charge on any atom is -0.504 e. The van der Waals surface area contributed by atoms with Gasteiger partial charge in [-0.05, 0) is 48.9 Å². The van der Waals surface area contributed by atoms with Gasteiger partial charge in [0.25, 0.3) is 5.91 Å². The number of phenolic OH excluding ortho intramolecular Hbond substituents is 1. The number of benzene rings is 2. The van der Waals surface area contributed by atoms with Gasteiger partial charge in [-0.25, -0.2) is 4.79 Å². The zero-order chi connectivity index (χ0) is 20.4. The first kappa shape index (κ1) is 19.6. The molecule has 28 heavy (non-hydrogen) atoms. The maximum absolute atomic E-state index is 13.1. The van der Waals surface area contributed by atoms with Crippen molar-refractivity contribution in [3.63, 3.8) is 0 Å². The first-order valence-corrected chi connectivity index (χ1v) is 8.88. The molecule has 3 rings (SSSR count). The molecule has 0 spiro atoms. The van der Waals surface area contributed by atoms with E-state index in [0.717, 1.165) is 0 Å². The Morgan fingerprint density at radius 2 is 1.93 bits per heavy atom. The number of carbonyl (C=O) groups excluding carboxylic acids is 2. The second-order valence-corrected chi connectivity index (χ2v) is 6.77. The molecule has 0 radical (unpaired) electrons. The molecule has 1 aliphatic heterocycles. The third-order valence-electron chi connectivity index (χ3n) is 4.64. The minimum atomic E-state index is -0.703. The summed E-state index contributed by atoms with van der Waals surface area (Å²) in [5, 5.41) is 16.1. The van der Waals surface area contributed by atoms with E-state index in [0.29, 0.717) is 27.5 Å². The number of hydrogen-bond acceptors (Lipinski definition) is 4. The van der Waals surface area contributed by atoms with Gasteiger partial charge in [0.1, 0.15) is 0 Å². The number of urea groups is 1. The van der Waals surface area contributed by atoms with E-state index in [9.17, 15) is 14.7 Å². The molecule has 2 aromatic rings. The highest BCUT2D eigenvalue weighted by molar-refractivity contribution is 6.30. The zero-order valence-electron chi connectivity index (χ0n) is 15.6. The molecule has 0 bridgehead atoms. The van der Waals surface area contributed by atoms with E-state index in [4.69, 9.17) is 16.3 Å². The number of rotatable bonds is 4. The Hall–Kier alpha value is -3.19. The van der Waals surface area contributed by atoms with Gasteiger partial charge < -0.3 is 25.4 Å². The van der Waals surface area contributed by atoms with Crippen molar-refractivity contribution in [3.05, 3.63) is 64.3 Å². The van der Waals surface area contributed by atoms with Crippen LogP contribution in [0, 0.1) is 0 Å². The predicted octanol–water partition coefficient (Wildman–Crippen LogP) is 3.66. The Kier molecular flexibility index (Phi) is 5.46. The van der Waals surface area contributed by atoms with Gasteiger partial charge in [-0.15, -0.1) is 0 Å². The Labute approximate surface area is 167 Å². The van der Waals surface area contributed by atoms with Crippen LogP contribution in [-0.2, 0) is 4.79 Å². The SMILES string of the molecule is COc1cc(C2NC(=O)N(C)C(C)=C2C(=O)Nc2ccc(Cl)cc2)ccc1O. The van der Waals surface area contributed by atoms with Crippen LogP contribution < -0.4 is 15.4 Å². The molecule has 1 heterocycles. The average Bonchev–Trinajstić information content (AvgIpc) is 2.68. The summed E-state index contributed by atoms with van der Waals surface area (Å²) in [7, 11) is 3.02.